The van der Waals surface area contributed by atoms with Crippen molar-refractivity contribution in [2.75, 3.05) is 6.61 Å². The van der Waals surface area contributed by atoms with Crippen molar-refractivity contribution in [3.8, 4) is 11.8 Å². The van der Waals surface area contributed by atoms with Gasteiger partial charge in [0.15, 0.2) is 0 Å². The molecule has 0 bridgehead atoms. The van der Waals surface area contributed by atoms with Gasteiger partial charge in [0, 0.05) is 11.8 Å². The van der Waals surface area contributed by atoms with Gasteiger partial charge in [0.05, 0.1) is 0 Å². The quantitative estimate of drug-likeness (QED) is 0.803. The number of halogens is 3. The number of carbonyl (C=O) groups is 1. The van der Waals surface area contributed by atoms with E-state index in [-0.39, 0.29) is 25.1 Å². The fourth-order valence-corrected chi connectivity index (χ4v) is 1.63. The summed E-state index contributed by atoms with van der Waals surface area (Å²) in [6.07, 6.45) is -3.40. The highest BCUT2D eigenvalue weighted by Gasteiger charge is 2.64. The van der Waals surface area contributed by atoms with Crippen LogP contribution in [0, 0.1) is 11.8 Å². The Balaban J connectivity index is 2.07. The fourth-order valence-electron chi connectivity index (χ4n) is 1.63. The summed E-state index contributed by atoms with van der Waals surface area (Å²) in [6.45, 7) is -0.309. The summed E-state index contributed by atoms with van der Waals surface area (Å²) < 4.78 is 38.1. The van der Waals surface area contributed by atoms with Gasteiger partial charge >= 0.3 is 6.18 Å². The Morgan fingerprint density at radius 2 is 2.15 bits per heavy atom. The zero-order valence-electron chi connectivity index (χ0n) is 10.3. The fraction of sp³-hybridized carbons (Fsp3) is 0.385. The van der Waals surface area contributed by atoms with Crippen LogP contribution in [0.4, 0.5) is 13.2 Å². The smallest absolute Gasteiger partial charge is 0.384 e. The third-order valence-electron chi connectivity index (χ3n) is 2.95. The molecule has 1 saturated carbocycles. The first-order valence-corrected chi connectivity index (χ1v) is 5.83. The van der Waals surface area contributed by atoms with Gasteiger partial charge in [-0.15, -0.1) is 0 Å². The Morgan fingerprint density at radius 1 is 1.45 bits per heavy atom. The molecule has 20 heavy (non-hydrogen) atoms. The Morgan fingerprint density at radius 3 is 2.60 bits per heavy atom. The van der Waals surface area contributed by atoms with Crippen LogP contribution in [0.25, 0.3) is 0 Å². The topological polar surface area (TPSA) is 62.2 Å². The molecule has 1 aliphatic rings. The van der Waals surface area contributed by atoms with Gasteiger partial charge in [0.1, 0.15) is 17.8 Å². The number of nitrogens with zero attached hydrogens (tertiary/aromatic N) is 1. The molecule has 0 radical (unpaired) electrons. The highest BCUT2D eigenvalue weighted by Crippen LogP contribution is 2.48. The number of aromatic nitrogens is 1. The number of alkyl halides is 3. The predicted octanol–water partition coefficient (Wildman–Crippen LogP) is 1.25. The van der Waals surface area contributed by atoms with E-state index in [9.17, 15) is 18.0 Å². The standard InChI is InChI=1S/C13H11F3N2O2/c14-13(15,16)12(5-6-12)18-11(20)10-4-3-9(8-17-10)2-1-7-19/h3-4,8,19H,5-7H2,(H,18,20). The van der Waals surface area contributed by atoms with Gasteiger partial charge in [-0.05, 0) is 25.0 Å². The summed E-state index contributed by atoms with van der Waals surface area (Å²) in [5.41, 5.74) is -1.73. The minimum atomic E-state index is -4.45. The normalized spacial score (nSPS) is 16.0. The summed E-state index contributed by atoms with van der Waals surface area (Å²) in [4.78, 5) is 15.5. The Kier molecular flexibility index (Phi) is 3.68. The van der Waals surface area contributed by atoms with E-state index in [0.29, 0.717) is 5.56 Å². The minimum Gasteiger partial charge on any atom is -0.384 e. The number of aliphatic hydroxyl groups is 1. The molecular formula is C13H11F3N2O2. The summed E-state index contributed by atoms with van der Waals surface area (Å²) in [7, 11) is 0. The molecule has 0 atom stereocenters. The second-order valence-electron chi connectivity index (χ2n) is 4.43. The van der Waals surface area contributed by atoms with Crippen LogP contribution >= 0.6 is 0 Å². The average molecular weight is 284 g/mol. The number of pyridine rings is 1. The molecule has 0 aromatic carbocycles. The molecule has 2 rings (SSSR count). The van der Waals surface area contributed by atoms with Crippen LogP contribution in [-0.2, 0) is 0 Å². The molecule has 2 N–H and O–H groups in total. The molecule has 1 fully saturated rings. The average Bonchev–Trinajstić information content (AvgIpc) is 3.17. The van der Waals surface area contributed by atoms with Crippen LogP contribution in [0.2, 0.25) is 0 Å². The van der Waals surface area contributed by atoms with Crippen molar-refractivity contribution >= 4 is 5.91 Å². The molecule has 0 saturated heterocycles. The third-order valence-corrected chi connectivity index (χ3v) is 2.95. The number of carbonyl (C=O) groups excluding carboxylic acids is 1. The number of amides is 1. The zero-order chi connectivity index (χ0) is 14.8. The van der Waals surface area contributed by atoms with Crippen molar-refractivity contribution in [3.63, 3.8) is 0 Å². The van der Waals surface area contributed by atoms with E-state index in [2.05, 4.69) is 16.8 Å². The monoisotopic (exact) mass is 284 g/mol. The first-order chi connectivity index (χ1) is 9.38. The summed E-state index contributed by atoms with van der Waals surface area (Å²) >= 11 is 0. The van der Waals surface area contributed by atoms with Crippen LogP contribution in [-0.4, -0.2) is 34.3 Å². The highest BCUT2D eigenvalue weighted by atomic mass is 19.4. The second-order valence-corrected chi connectivity index (χ2v) is 4.43. The number of hydrogen-bond donors (Lipinski definition) is 2. The van der Waals surface area contributed by atoms with Gasteiger partial charge in [-0.1, -0.05) is 11.8 Å². The minimum absolute atomic E-state index is 0.102. The largest absolute Gasteiger partial charge is 0.411 e. The predicted molar refractivity (Wildman–Crippen MR) is 63.7 cm³/mol. The van der Waals surface area contributed by atoms with Crippen LogP contribution in [0.5, 0.6) is 0 Å². The Labute approximate surface area is 113 Å². The first kappa shape index (κ1) is 14.3. The number of aliphatic hydroxyl groups excluding tert-OH is 1. The molecule has 7 heteroatoms. The summed E-state index contributed by atoms with van der Waals surface area (Å²) in [6, 6.07) is 2.75. The van der Waals surface area contributed by atoms with E-state index in [0.717, 1.165) is 0 Å². The lowest BCUT2D eigenvalue weighted by molar-refractivity contribution is -0.163. The van der Waals surface area contributed by atoms with E-state index < -0.39 is 17.6 Å². The maximum absolute atomic E-state index is 12.7. The van der Waals surface area contributed by atoms with Crippen molar-refractivity contribution in [3.05, 3.63) is 29.6 Å². The van der Waals surface area contributed by atoms with Crippen molar-refractivity contribution in [2.24, 2.45) is 0 Å². The van der Waals surface area contributed by atoms with E-state index in [1.807, 2.05) is 5.32 Å². The molecule has 0 spiro atoms. The van der Waals surface area contributed by atoms with Crippen LogP contribution in [0.15, 0.2) is 18.3 Å². The molecular weight excluding hydrogens is 273 g/mol. The van der Waals surface area contributed by atoms with Gasteiger partial charge in [-0.25, -0.2) is 4.98 Å². The van der Waals surface area contributed by atoms with Crippen molar-refractivity contribution < 1.29 is 23.1 Å². The summed E-state index contributed by atoms with van der Waals surface area (Å²) in [5.74, 6) is 4.11. The van der Waals surface area contributed by atoms with E-state index in [4.69, 9.17) is 5.11 Å². The Bertz CT molecular complexity index is 566. The highest BCUT2D eigenvalue weighted by molar-refractivity contribution is 5.93. The van der Waals surface area contributed by atoms with Gasteiger partial charge in [0.25, 0.3) is 5.91 Å². The lowest BCUT2D eigenvalue weighted by Crippen LogP contribution is -2.48. The molecule has 1 aromatic heterocycles. The Hall–Kier alpha value is -2.07. The molecule has 4 nitrogen and oxygen atoms in total. The van der Waals surface area contributed by atoms with Crippen molar-refractivity contribution in [1.82, 2.24) is 10.3 Å². The lowest BCUT2D eigenvalue weighted by Gasteiger charge is -2.20. The van der Waals surface area contributed by atoms with E-state index in [1.54, 1.807) is 0 Å². The maximum Gasteiger partial charge on any atom is 0.411 e. The lowest BCUT2D eigenvalue weighted by atomic mass is 10.2. The third kappa shape index (κ3) is 2.91. The molecule has 0 unspecified atom stereocenters. The number of rotatable bonds is 2. The second kappa shape index (κ2) is 5.13. The van der Waals surface area contributed by atoms with Crippen molar-refractivity contribution in [2.45, 2.75) is 24.6 Å². The zero-order valence-corrected chi connectivity index (χ0v) is 10.3. The van der Waals surface area contributed by atoms with Crippen LogP contribution in [0.3, 0.4) is 0 Å². The SMILES string of the molecule is O=C(NC1(C(F)(F)F)CC1)c1ccc(C#CCO)cn1. The van der Waals surface area contributed by atoms with E-state index in [1.165, 1.54) is 18.3 Å². The van der Waals surface area contributed by atoms with Gasteiger partial charge in [-0.3, -0.25) is 4.79 Å². The number of nitrogens with one attached hydrogen (secondary N) is 1. The van der Waals surface area contributed by atoms with Gasteiger partial charge in [0.2, 0.25) is 0 Å². The molecule has 1 heterocycles. The number of hydrogen-bond acceptors (Lipinski definition) is 3. The van der Waals surface area contributed by atoms with Crippen molar-refractivity contribution in [1.29, 1.82) is 0 Å². The molecule has 0 aliphatic heterocycles. The molecule has 1 amide bonds. The van der Waals surface area contributed by atoms with Gasteiger partial charge < -0.3 is 10.4 Å². The maximum atomic E-state index is 12.7. The first-order valence-electron chi connectivity index (χ1n) is 5.83. The molecule has 1 aliphatic carbocycles. The van der Waals surface area contributed by atoms with Crippen LogP contribution in [0.1, 0.15) is 28.9 Å². The van der Waals surface area contributed by atoms with Crippen LogP contribution < -0.4 is 5.32 Å². The van der Waals surface area contributed by atoms with Gasteiger partial charge in [-0.2, -0.15) is 13.2 Å². The molecule has 1 aromatic rings. The summed E-state index contributed by atoms with van der Waals surface area (Å²) in [5, 5.41) is 10.5. The van der Waals surface area contributed by atoms with E-state index >= 15 is 0 Å². The molecule has 106 valence electrons.